The lowest BCUT2D eigenvalue weighted by Gasteiger charge is -2.08. The smallest absolute Gasteiger partial charge is 0.341 e. The highest BCUT2D eigenvalue weighted by Crippen LogP contribution is 2.22. The summed E-state index contributed by atoms with van der Waals surface area (Å²) in [5.74, 6) is -0.384. The van der Waals surface area contributed by atoms with Crippen molar-refractivity contribution >= 4 is 22.9 Å². The maximum Gasteiger partial charge on any atom is 0.341 e. The number of pyridine rings is 1. The van der Waals surface area contributed by atoms with Gasteiger partial charge in [-0.2, -0.15) is 5.10 Å². The van der Waals surface area contributed by atoms with Gasteiger partial charge in [0.25, 0.3) is 0 Å². The van der Waals surface area contributed by atoms with Crippen molar-refractivity contribution in [3.8, 4) is 0 Å². The second-order valence-electron chi connectivity index (χ2n) is 6.19. The molecule has 4 aromatic rings. The fraction of sp³-hybridized carbons (Fsp3) is 0.160. The molecule has 0 fully saturated rings. The number of hydrogen-bond acceptors (Lipinski definition) is 4. The Bertz CT molecular complexity index is 1090. The Labute approximate surface area is 176 Å². The van der Waals surface area contributed by atoms with E-state index in [0.29, 0.717) is 17.7 Å². The zero-order valence-electron chi connectivity index (χ0n) is 17.4. The molecule has 0 saturated heterocycles. The third-order valence-corrected chi connectivity index (χ3v) is 4.34. The van der Waals surface area contributed by atoms with Crippen LogP contribution in [0.4, 0.5) is 5.69 Å². The molecule has 4 rings (SSSR count). The van der Waals surface area contributed by atoms with Gasteiger partial charge >= 0.3 is 5.97 Å². The van der Waals surface area contributed by atoms with E-state index in [2.05, 4.69) is 5.10 Å². The second-order valence-corrected chi connectivity index (χ2v) is 6.19. The van der Waals surface area contributed by atoms with Crippen molar-refractivity contribution < 1.29 is 9.53 Å². The minimum atomic E-state index is -0.384. The molecule has 0 unspecified atom stereocenters. The Morgan fingerprint density at radius 3 is 2.13 bits per heavy atom. The molecular weight excluding hydrogens is 374 g/mol. The average molecular weight is 399 g/mol. The SMILES string of the molecule is CC.CCOC(=O)c1cnn2ccc(N=C(c3ccccc3)c3ccccc3)cc12. The summed E-state index contributed by atoms with van der Waals surface area (Å²) in [5, 5.41) is 4.23. The van der Waals surface area contributed by atoms with E-state index in [1.807, 2.05) is 86.6 Å². The van der Waals surface area contributed by atoms with Crippen LogP contribution in [0.1, 0.15) is 42.3 Å². The van der Waals surface area contributed by atoms with Crippen LogP contribution in [0.25, 0.3) is 5.52 Å². The maximum absolute atomic E-state index is 12.2. The van der Waals surface area contributed by atoms with Crippen molar-refractivity contribution in [1.29, 1.82) is 0 Å². The minimum Gasteiger partial charge on any atom is -0.462 e. The molecule has 0 radical (unpaired) electrons. The van der Waals surface area contributed by atoms with Crippen molar-refractivity contribution in [2.75, 3.05) is 6.61 Å². The molecular formula is C25H25N3O2. The molecule has 0 N–H and O–H groups in total. The number of esters is 1. The van der Waals surface area contributed by atoms with Crippen molar-refractivity contribution in [2.24, 2.45) is 4.99 Å². The summed E-state index contributed by atoms with van der Waals surface area (Å²) in [5.41, 5.74) is 4.74. The van der Waals surface area contributed by atoms with Gasteiger partial charge in [-0.05, 0) is 19.1 Å². The first kappa shape index (κ1) is 21.0. The highest BCUT2D eigenvalue weighted by atomic mass is 16.5. The van der Waals surface area contributed by atoms with Gasteiger partial charge in [0.1, 0.15) is 5.56 Å². The van der Waals surface area contributed by atoms with Gasteiger partial charge in [-0.1, -0.05) is 74.5 Å². The third-order valence-electron chi connectivity index (χ3n) is 4.34. The molecule has 0 aliphatic rings. The van der Waals surface area contributed by atoms with Crippen LogP contribution < -0.4 is 0 Å². The molecule has 0 bridgehead atoms. The summed E-state index contributed by atoms with van der Waals surface area (Å²) in [7, 11) is 0. The number of fused-ring (bicyclic) bond motifs is 1. The number of rotatable bonds is 5. The van der Waals surface area contributed by atoms with E-state index in [-0.39, 0.29) is 5.97 Å². The van der Waals surface area contributed by atoms with Crippen molar-refractivity contribution in [1.82, 2.24) is 9.61 Å². The van der Waals surface area contributed by atoms with E-state index in [1.54, 1.807) is 17.6 Å². The number of nitrogens with zero attached hydrogens (tertiary/aromatic N) is 3. The molecule has 2 aromatic carbocycles. The van der Waals surface area contributed by atoms with Crippen LogP contribution in [-0.4, -0.2) is 27.9 Å². The van der Waals surface area contributed by atoms with E-state index >= 15 is 0 Å². The molecule has 0 saturated carbocycles. The van der Waals surface area contributed by atoms with Gasteiger partial charge in [0, 0.05) is 17.3 Å². The molecule has 0 aliphatic carbocycles. The van der Waals surface area contributed by atoms with Gasteiger partial charge in [-0.3, -0.25) is 0 Å². The van der Waals surface area contributed by atoms with Gasteiger partial charge in [-0.15, -0.1) is 0 Å². The Balaban J connectivity index is 0.00000124. The topological polar surface area (TPSA) is 56.0 Å². The summed E-state index contributed by atoms with van der Waals surface area (Å²) >= 11 is 0. The van der Waals surface area contributed by atoms with Gasteiger partial charge < -0.3 is 4.74 Å². The lowest BCUT2D eigenvalue weighted by Crippen LogP contribution is -2.04. The Hall–Kier alpha value is -3.73. The number of benzene rings is 2. The van der Waals surface area contributed by atoms with E-state index in [0.717, 1.165) is 22.5 Å². The molecule has 0 spiro atoms. The van der Waals surface area contributed by atoms with Crippen LogP contribution in [0.5, 0.6) is 0 Å². The minimum absolute atomic E-state index is 0.320. The summed E-state index contributed by atoms with van der Waals surface area (Å²) in [4.78, 5) is 17.1. The van der Waals surface area contributed by atoms with Crippen LogP contribution in [-0.2, 0) is 4.74 Å². The molecule has 5 heteroatoms. The summed E-state index contributed by atoms with van der Waals surface area (Å²) in [6.07, 6.45) is 3.32. The zero-order chi connectivity index (χ0) is 21.3. The molecule has 152 valence electrons. The average Bonchev–Trinajstić information content (AvgIpc) is 3.23. The largest absolute Gasteiger partial charge is 0.462 e. The first-order valence-corrected chi connectivity index (χ1v) is 10.1. The standard InChI is InChI=1S/C23H19N3O2.C2H6/c1-2-28-23(27)20-16-24-26-14-13-19(15-21(20)26)25-22(17-9-5-3-6-10-17)18-11-7-4-8-12-18;1-2/h3-16H,2H2,1H3;1-2H3. The third kappa shape index (κ3) is 4.63. The van der Waals surface area contributed by atoms with Gasteiger partial charge in [-0.25, -0.2) is 14.3 Å². The monoisotopic (exact) mass is 399 g/mol. The number of ether oxygens (including phenoxy) is 1. The number of aliphatic imine (C=N–C) groups is 1. The first-order chi connectivity index (χ1) is 14.8. The van der Waals surface area contributed by atoms with Crippen LogP contribution in [0.15, 0.2) is 90.2 Å². The van der Waals surface area contributed by atoms with E-state index in [1.165, 1.54) is 6.20 Å². The number of aromatic nitrogens is 2. The Morgan fingerprint density at radius 2 is 1.57 bits per heavy atom. The van der Waals surface area contributed by atoms with Crippen molar-refractivity contribution in [2.45, 2.75) is 20.8 Å². The molecule has 30 heavy (non-hydrogen) atoms. The highest BCUT2D eigenvalue weighted by molar-refractivity contribution is 6.14. The fourth-order valence-corrected chi connectivity index (χ4v) is 3.02. The van der Waals surface area contributed by atoms with Crippen LogP contribution in [0.2, 0.25) is 0 Å². The molecule has 2 aromatic heterocycles. The Morgan fingerprint density at radius 1 is 0.967 bits per heavy atom. The number of hydrogen-bond donors (Lipinski definition) is 0. The van der Waals surface area contributed by atoms with E-state index < -0.39 is 0 Å². The van der Waals surface area contributed by atoms with E-state index in [4.69, 9.17) is 9.73 Å². The lowest BCUT2D eigenvalue weighted by atomic mass is 10.0. The maximum atomic E-state index is 12.2. The summed E-state index contributed by atoms with van der Waals surface area (Å²) in [6, 6.07) is 23.8. The van der Waals surface area contributed by atoms with Gasteiger partial charge in [0.05, 0.1) is 29.7 Å². The molecule has 5 nitrogen and oxygen atoms in total. The highest BCUT2D eigenvalue weighted by Gasteiger charge is 2.14. The van der Waals surface area contributed by atoms with Crippen LogP contribution in [0.3, 0.4) is 0 Å². The molecule has 0 amide bonds. The van der Waals surface area contributed by atoms with Crippen LogP contribution >= 0.6 is 0 Å². The second kappa shape index (κ2) is 10.2. The number of carbonyl (C=O) groups is 1. The fourth-order valence-electron chi connectivity index (χ4n) is 3.02. The summed E-state index contributed by atoms with van der Waals surface area (Å²) in [6.45, 7) is 6.10. The quantitative estimate of drug-likeness (QED) is 0.319. The van der Waals surface area contributed by atoms with E-state index in [9.17, 15) is 4.79 Å². The lowest BCUT2D eigenvalue weighted by molar-refractivity contribution is 0.0528. The summed E-state index contributed by atoms with van der Waals surface area (Å²) < 4.78 is 6.77. The molecule has 2 heterocycles. The predicted molar refractivity (Wildman–Crippen MR) is 121 cm³/mol. The normalized spacial score (nSPS) is 10.1. The first-order valence-electron chi connectivity index (χ1n) is 10.1. The zero-order valence-corrected chi connectivity index (χ0v) is 17.4. The van der Waals surface area contributed by atoms with Gasteiger partial charge in [0.15, 0.2) is 0 Å². The predicted octanol–water partition coefficient (Wildman–Crippen LogP) is 5.71. The van der Waals surface area contributed by atoms with Crippen molar-refractivity contribution in [3.63, 3.8) is 0 Å². The molecule has 0 aliphatic heterocycles. The molecule has 0 atom stereocenters. The van der Waals surface area contributed by atoms with Gasteiger partial charge in [0.2, 0.25) is 0 Å². The van der Waals surface area contributed by atoms with Crippen molar-refractivity contribution in [3.05, 3.63) is 102 Å². The number of carbonyl (C=O) groups excluding carboxylic acids is 1. The van der Waals surface area contributed by atoms with Crippen LogP contribution in [0, 0.1) is 0 Å². The Kier molecular flexibility index (Phi) is 7.11.